The Morgan fingerprint density at radius 2 is 1.95 bits per heavy atom. The number of hydrogen-bond donors (Lipinski definition) is 1. The summed E-state index contributed by atoms with van der Waals surface area (Å²) in [6.45, 7) is 0. The highest BCUT2D eigenvalue weighted by atomic mass is 16.4. The lowest BCUT2D eigenvalue weighted by atomic mass is 9.98. The van der Waals surface area contributed by atoms with Crippen LogP contribution in [0.15, 0.2) is 40.8 Å². The van der Waals surface area contributed by atoms with Gasteiger partial charge in [0, 0.05) is 19.8 Å². The molecule has 1 heterocycles. The van der Waals surface area contributed by atoms with Crippen LogP contribution in [0, 0.1) is 11.3 Å². The molecule has 5 nitrogen and oxygen atoms in total. The van der Waals surface area contributed by atoms with Crippen molar-refractivity contribution in [3.63, 3.8) is 0 Å². The van der Waals surface area contributed by atoms with Crippen LogP contribution >= 0.6 is 0 Å². The van der Waals surface area contributed by atoms with Gasteiger partial charge in [0.1, 0.15) is 11.7 Å². The molecule has 1 N–H and O–H groups in total. The Bertz CT molecular complexity index is 666. The van der Waals surface area contributed by atoms with Crippen LogP contribution in [-0.4, -0.2) is 25.2 Å². The molecule has 0 amide bonds. The Morgan fingerprint density at radius 1 is 1.29 bits per heavy atom. The minimum absolute atomic E-state index is 0.145. The lowest BCUT2D eigenvalue weighted by Crippen LogP contribution is -2.08. The van der Waals surface area contributed by atoms with Gasteiger partial charge < -0.3 is 14.4 Å². The number of hydrogen-bond acceptors (Lipinski definition) is 4. The minimum Gasteiger partial charge on any atom is -0.475 e. The number of aromatic carboxylic acids is 1. The monoisotopic (exact) mass is 284 g/mol. The van der Waals surface area contributed by atoms with Gasteiger partial charge in [0.15, 0.2) is 0 Å². The molecule has 2 rings (SSSR count). The van der Waals surface area contributed by atoms with Crippen LogP contribution in [0.4, 0.5) is 5.69 Å². The fraction of sp³-hybridized carbons (Fsp3) is 0.250. The molecule has 1 unspecified atom stereocenters. The second kappa shape index (κ2) is 6.14. The molecule has 0 saturated heterocycles. The number of furan rings is 1. The van der Waals surface area contributed by atoms with E-state index in [9.17, 15) is 10.1 Å². The molecule has 1 aromatic carbocycles. The summed E-state index contributed by atoms with van der Waals surface area (Å²) in [6, 6.07) is 13.0. The van der Waals surface area contributed by atoms with Gasteiger partial charge in [-0.05, 0) is 36.2 Å². The van der Waals surface area contributed by atoms with Gasteiger partial charge in [-0.25, -0.2) is 4.79 Å². The van der Waals surface area contributed by atoms with Crippen LogP contribution in [0.1, 0.15) is 27.8 Å². The van der Waals surface area contributed by atoms with Gasteiger partial charge in [0.2, 0.25) is 5.76 Å². The van der Waals surface area contributed by atoms with Crippen LogP contribution in [0.25, 0.3) is 0 Å². The highest BCUT2D eigenvalue weighted by Gasteiger charge is 2.18. The molecule has 0 bridgehead atoms. The van der Waals surface area contributed by atoms with E-state index in [1.54, 1.807) is 6.07 Å². The third-order valence-electron chi connectivity index (χ3n) is 3.23. The quantitative estimate of drug-likeness (QED) is 0.913. The van der Waals surface area contributed by atoms with E-state index in [1.807, 2.05) is 43.3 Å². The third-order valence-corrected chi connectivity index (χ3v) is 3.23. The standard InChI is InChI=1S/C16H16N2O3/c1-18(2)13-5-3-11(4-6-13)9-12(10-17)14-7-8-15(21-14)16(19)20/h3-8,12H,9H2,1-2H3,(H,19,20). The first-order valence-electron chi connectivity index (χ1n) is 6.50. The average molecular weight is 284 g/mol. The van der Waals surface area contributed by atoms with Gasteiger partial charge in [0.05, 0.1) is 6.07 Å². The highest BCUT2D eigenvalue weighted by Crippen LogP contribution is 2.23. The zero-order valence-electron chi connectivity index (χ0n) is 11.9. The summed E-state index contributed by atoms with van der Waals surface area (Å²) in [5.74, 6) is -1.39. The fourth-order valence-electron chi connectivity index (χ4n) is 2.03. The number of benzene rings is 1. The van der Waals surface area contributed by atoms with Crippen molar-refractivity contribution in [2.24, 2.45) is 0 Å². The Morgan fingerprint density at radius 3 is 2.43 bits per heavy atom. The number of carbonyl (C=O) groups is 1. The Kier molecular flexibility index (Phi) is 4.29. The summed E-state index contributed by atoms with van der Waals surface area (Å²) in [6.07, 6.45) is 0.483. The van der Waals surface area contributed by atoms with E-state index in [2.05, 4.69) is 6.07 Å². The first-order valence-corrected chi connectivity index (χ1v) is 6.50. The van der Waals surface area contributed by atoms with Crippen molar-refractivity contribution in [2.75, 3.05) is 19.0 Å². The summed E-state index contributed by atoms with van der Waals surface area (Å²) in [5, 5.41) is 18.1. The third kappa shape index (κ3) is 3.42. The topological polar surface area (TPSA) is 77.5 Å². The Labute approximate surface area is 123 Å². The maximum atomic E-state index is 10.8. The summed E-state index contributed by atoms with van der Waals surface area (Å²) in [5.41, 5.74) is 2.08. The number of nitrogens with zero attached hydrogens (tertiary/aromatic N) is 2. The number of rotatable bonds is 5. The lowest BCUT2D eigenvalue weighted by molar-refractivity contribution is 0.0660. The lowest BCUT2D eigenvalue weighted by Gasteiger charge is -2.13. The molecular formula is C16H16N2O3. The minimum atomic E-state index is -1.13. The molecule has 21 heavy (non-hydrogen) atoms. The molecule has 0 radical (unpaired) electrons. The van der Waals surface area contributed by atoms with Crippen molar-refractivity contribution in [1.82, 2.24) is 0 Å². The van der Waals surface area contributed by atoms with Crippen LogP contribution in [0.5, 0.6) is 0 Å². The first-order chi connectivity index (χ1) is 10.0. The molecular weight excluding hydrogens is 268 g/mol. The summed E-state index contributed by atoms with van der Waals surface area (Å²) < 4.78 is 5.20. The summed E-state index contributed by atoms with van der Waals surface area (Å²) in [7, 11) is 3.92. The zero-order chi connectivity index (χ0) is 15.4. The van der Waals surface area contributed by atoms with E-state index in [-0.39, 0.29) is 5.76 Å². The van der Waals surface area contributed by atoms with Crippen molar-refractivity contribution >= 4 is 11.7 Å². The maximum absolute atomic E-state index is 10.8. The predicted octanol–water partition coefficient (Wildman–Crippen LogP) is 2.89. The van der Waals surface area contributed by atoms with E-state index in [0.717, 1.165) is 11.3 Å². The van der Waals surface area contributed by atoms with Gasteiger partial charge in [-0.3, -0.25) is 0 Å². The van der Waals surface area contributed by atoms with Crippen molar-refractivity contribution in [3.8, 4) is 6.07 Å². The molecule has 1 atom stereocenters. The van der Waals surface area contributed by atoms with Crippen molar-refractivity contribution < 1.29 is 14.3 Å². The van der Waals surface area contributed by atoms with Crippen molar-refractivity contribution in [3.05, 3.63) is 53.5 Å². The smallest absolute Gasteiger partial charge is 0.371 e. The van der Waals surface area contributed by atoms with Crippen LogP contribution in [-0.2, 0) is 6.42 Å². The van der Waals surface area contributed by atoms with Gasteiger partial charge in [-0.2, -0.15) is 5.26 Å². The van der Waals surface area contributed by atoms with E-state index in [0.29, 0.717) is 12.2 Å². The zero-order valence-corrected chi connectivity index (χ0v) is 11.9. The molecule has 0 saturated carbocycles. The van der Waals surface area contributed by atoms with Gasteiger partial charge in [-0.1, -0.05) is 12.1 Å². The average Bonchev–Trinajstić information content (AvgIpc) is 2.95. The number of carboxylic acid groups (broad SMARTS) is 1. The van der Waals surface area contributed by atoms with Gasteiger partial charge >= 0.3 is 5.97 Å². The maximum Gasteiger partial charge on any atom is 0.371 e. The van der Waals surface area contributed by atoms with Gasteiger partial charge in [-0.15, -0.1) is 0 Å². The molecule has 0 aliphatic carbocycles. The number of anilines is 1. The molecule has 0 spiro atoms. The van der Waals surface area contributed by atoms with Crippen LogP contribution in [0.3, 0.4) is 0 Å². The summed E-state index contributed by atoms with van der Waals surface area (Å²) in [4.78, 5) is 12.8. The predicted molar refractivity (Wildman–Crippen MR) is 78.5 cm³/mol. The summed E-state index contributed by atoms with van der Waals surface area (Å²) >= 11 is 0. The normalized spacial score (nSPS) is 11.7. The molecule has 1 aromatic heterocycles. The molecule has 5 heteroatoms. The fourth-order valence-corrected chi connectivity index (χ4v) is 2.03. The molecule has 0 aliphatic rings. The van der Waals surface area contributed by atoms with Gasteiger partial charge in [0.25, 0.3) is 0 Å². The van der Waals surface area contributed by atoms with E-state index < -0.39 is 11.9 Å². The first kappa shape index (κ1) is 14.7. The van der Waals surface area contributed by atoms with E-state index >= 15 is 0 Å². The second-order valence-electron chi connectivity index (χ2n) is 4.95. The SMILES string of the molecule is CN(C)c1ccc(CC(C#N)c2ccc(C(=O)O)o2)cc1. The largest absolute Gasteiger partial charge is 0.475 e. The van der Waals surface area contributed by atoms with Crippen molar-refractivity contribution in [1.29, 1.82) is 5.26 Å². The molecule has 0 fully saturated rings. The Hall–Kier alpha value is -2.74. The molecule has 108 valence electrons. The van der Waals surface area contributed by atoms with Crippen LogP contribution in [0.2, 0.25) is 0 Å². The van der Waals surface area contributed by atoms with E-state index in [1.165, 1.54) is 6.07 Å². The molecule has 2 aromatic rings. The van der Waals surface area contributed by atoms with Crippen LogP contribution < -0.4 is 4.90 Å². The number of carboxylic acids is 1. The van der Waals surface area contributed by atoms with Crippen molar-refractivity contribution in [2.45, 2.75) is 12.3 Å². The molecule has 0 aliphatic heterocycles. The Balaban J connectivity index is 2.15. The van der Waals surface area contributed by atoms with E-state index in [4.69, 9.17) is 9.52 Å². The number of nitriles is 1. The highest BCUT2D eigenvalue weighted by molar-refractivity contribution is 5.84. The second-order valence-corrected chi connectivity index (χ2v) is 4.95.